The summed E-state index contributed by atoms with van der Waals surface area (Å²) in [5.74, 6) is -0.0780. The highest BCUT2D eigenvalue weighted by Gasteiger charge is 2.29. The minimum Gasteiger partial charge on any atom is -0.253 e. The summed E-state index contributed by atoms with van der Waals surface area (Å²) < 4.78 is 0.217. The van der Waals surface area contributed by atoms with E-state index in [2.05, 4.69) is 5.10 Å². The van der Waals surface area contributed by atoms with E-state index in [4.69, 9.17) is 47.0 Å². The van der Waals surface area contributed by atoms with Gasteiger partial charge in [0.2, 0.25) is 0 Å². The van der Waals surface area contributed by atoms with Gasteiger partial charge in [0, 0.05) is 16.5 Å². The Bertz CT molecular complexity index is 651. The van der Waals surface area contributed by atoms with Gasteiger partial charge in [-0.1, -0.05) is 60.0 Å². The summed E-state index contributed by atoms with van der Waals surface area (Å²) in [6.45, 7) is 3.85. The molecule has 102 valence electrons. The van der Waals surface area contributed by atoms with Crippen molar-refractivity contribution in [1.82, 2.24) is 14.3 Å². The predicted molar refractivity (Wildman–Crippen MR) is 81.8 cm³/mol. The molecular weight excluding hydrogens is 329 g/mol. The first kappa shape index (κ1) is 14.8. The van der Waals surface area contributed by atoms with E-state index in [1.807, 2.05) is 26.0 Å². The maximum Gasteiger partial charge on any atom is 0.353 e. The van der Waals surface area contributed by atoms with Crippen LogP contribution < -0.4 is 5.69 Å². The van der Waals surface area contributed by atoms with Gasteiger partial charge in [-0.15, -0.1) is 0 Å². The predicted octanol–water partition coefficient (Wildman–Crippen LogP) is 3.14. The summed E-state index contributed by atoms with van der Waals surface area (Å²) in [4.78, 5) is 12.9. The Morgan fingerprint density at radius 2 is 2.00 bits per heavy atom. The molecule has 0 saturated heterocycles. The van der Waals surface area contributed by atoms with E-state index >= 15 is 0 Å². The van der Waals surface area contributed by atoms with Crippen molar-refractivity contribution >= 4 is 57.6 Å². The molecule has 1 aliphatic carbocycles. The number of aromatic nitrogens is 3. The van der Waals surface area contributed by atoms with Crippen molar-refractivity contribution in [3.05, 3.63) is 34.5 Å². The molecule has 19 heavy (non-hydrogen) atoms. The summed E-state index contributed by atoms with van der Waals surface area (Å²) in [6, 6.07) is 0. The molecule has 1 atom stereocenters. The normalized spacial score (nSPS) is 20.3. The molecule has 0 amide bonds. The number of thiocarbonyl (C=S) groups is 1. The van der Waals surface area contributed by atoms with Crippen LogP contribution in [0.25, 0.3) is 5.70 Å². The average Bonchev–Trinajstić information content (AvgIpc) is 2.68. The van der Waals surface area contributed by atoms with E-state index in [0.717, 1.165) is 15.1 Å². The van der Waals surface area contributed by atoms with E-state index in [1.54, 1.807) is 0 Å². The van der Waals surface area contributed by atoms with Crippen LogP contribution in [0, 0.1) is 5.92 Å². The second-order valence-corrected chi connectivity index (χ2v) is 6.85. The highest BCUT2D eigenvalue weighted by atomic mass is 35.6. The van der Waals surface area contributed by atoms with Crippen LogP contribution in [0.15, 0.2) is 28.8 Å². The monoisotopic (exact) mass is 337 g/mol. The van der Waals surface area contributed by atoms with Gasteiger partial charge < -0.3 is 0 Å². The molecule has 4 nitrogen and oxygen atoms in total. The zero-order valence-electron chi connectivity index (χ0n) is 10.1. The Balaban J connectivity index is 2.53. The summed E-state index contributed by atoms with van der Waals surface area (Å²) in [5, 5.41) is 3.81. The van der Waals surface area contributed by atoms with Crippen molar-refractivity contribution in [2.45, 2.75) is 17.8 Å². The third-order valence-corrected chi connectivity index (χ3v) is 4.07. The second-order valence-electron chi connectivity index (χ2n) is 4.19. The van der Waals surface area contributed by atoms with Gasteiger partial charge in [0.15, 0.2) is 0 Å². The molecule has 8 heteroatoms. The molecule has 1 aromatic rings. The van der Waals surface area contributed by atoms with Crippen LogP contribution in [-0.4, -0.2) is 19.2 Å². The van der Waals surface area contributed by atoms with Gasteiger partial charge >= 0.3 is 5.69 Å². The molecule has 1 heterocycles. The molecule has 1 unspecified atom stereocenters. The standard InChI is InChI=1S/C11H10Cl3N3OS/c1-6-3-4-8(7(2)9(6)19)16-5-15-17(10(16)18)11(12,13)14/h3-5,7H,1-2H3. The quantitative estimate of drug-likeness (QED) is 0.583. The third-order valence-electron chi connectivity index (χ3n) is 2.92. The summed E-state index contributed by atoms with van der Waals surface area (Å²) in [7, 11) is 0. The van der Waals surface area contributed by atoms with Crippen molar-refractivity contribution in [3.8, 4) is 0 Å². The first-order chi connectivity index (χ1) is 8.73. The molecule has 0 bridgehead atoms. The van der Waals surface area contributed by atoms with Crippen molar-refractivity contribution in [2.75, 3.05) is 0 Å². The maximum atomic E-state index is 12.2. The lowest BCUT2D eigenvalue weighted by molar-refractivity contribution is 0.639. The number of rotatable bonds is 1. The molecule has 0 saturated carbocycles. The molecule has 1 aromatic heterocycles. The van der Waals surface area contributed by atoms with E-state index in [-0.39, 0.29) is 5.92 Å². The highest BCUT2D eigenvalue weighted by Crippen LogP contribution is 2.30. The van der Waals surface area contributed by atoms with Crippen molar-refractivity contribution in [2.24, 2.45) is 5.92 Å². The van der Waals surface area contributed by atoms with Crippen molar-refractivity contribution in [3.63, 3.8) is 0 Å². The number of alkyl halides is 3. The van der Waals surface area contributed by atoms with Gasteiger partial charge in [0.1, 0.15) is 6.33 Å². The minimum absolute atomic E-state index is 0.0780. The van der Waals surface area contributed by atoms with Crippen molar-refractivity contribution < 1.29 is 0 Å². The first-order valence-corrected chi connectivity index (χ1v) is 6.94. The molecule has 0 aromatic carbocycles. The van der Waals surface area contributed by atoms with Crippen LogP contribution in [0.2, 0.25) is 0 Å². The summed E-state index contributed by atoms with van der Waals surface area (Å²) in [6.07, 6.45) is 5.00. The minimum atomic E-state index is -1.91. The number of hydrogen-bond acceptors (Lipinski definition) is 3. The van der Waals surface area contributed by atoms with Gasteiger partial charge in [-0.25, -0.2) is 4.79 Å². The molecule has 0 N–H and O–H groups in total. The van der Waals surface area contributed by atoms with E-state index in [0.29, 0.717) is 5.70 Å². The fourth-order valence-electron chi connectivity index (χ4n) is 1.86. The fourth-order valence-corrected chi connectivity index (χ4v) is 2.39. The summed E-state index contributed by atoms with van der Waals surface area (Å²) in [5.41, 5.74) is 1.20. The Hall–Kier alpha value is -0.620. The van der Waals surface area contributed by atoms with Crippen LogP contribution in [0.5, 0.6) is 0 Å². The Morgan fingerprint density at radius 3 is 2.53 bits per heavy atom. The number of nitrogens with zero attached hydrogens (tertiary/aromatic N) is 3. The van der Waals surface area contributed by atoms with E-state index in [1.165, 1.54) is 10.9 Å². The number of hydrogen-bond donors (Lipinski definition) is 0. The molecule has 0 aliphatic heterocycles. The maximum absolute atomic E-state index is 12.2. The Labute approximate surface area is 130 Å². The largest absolute Gasteiger partial charge is 0.353 e. The van der Waals surface area contributed by atoms with Crippen molar-refractivity contribution in [1.29, 1.82) is 0 Å². The van der Waals surface area contributed by atoms with E-state index in [9.17, 15) is 4.79 Å². The second kappa shape index (κ2) is 5.05. The van der Waals surface area contributed by atoms with Gasteiger partial charge in [-0.2, -0.15) is 9.78 Å². The van der Waals surface area contributed by atoms with Crippen LogP contribution in [0.3, 0.4) is 0 Å². The van der Waals surface area contributed by atoms with E-state index < -0.39 is 9.61 Å². The molecule has 0 fully saturated rings. The lowest BCUT2D eigenvalue weighted by Crippen LogP contribution is -2.33. The first-order valence-electron chi connectivity index (χ1n) is 5.40. The fraction of sp³-hybridized carbons (Fsp3) is 0.364. The summed E-state index contributed by atoms with van der Waals surface area (Å²) >= 11 is 22.3. The Kier molecular flexibility index (Phi) is 3.93. The van der Waals surface area contributed by atoms with Gasteiger partial charge in [-0.05, 0) is 18.6 Å². The molecule has 0 spiro atoms. The van der Waals surface area contributed by atoms with Crippen LogP contribution in [0.1, 0.15) is 13.8 Å². The number of allylic oxidation sites excluding steroid dienone is 4. The van der Waals surface area contributed by atoms with Crippen LogP contribution in [-0.2, 0) is 3.92 Å². The van der Waals surface area contributed by atoms with Crippen LogP contribution in [0.4, 0.5) is 0 Å². The SMILES string of the molecule is CC1=CC=C(n2cnn(C(Cl)(Cl)Cl)c2=O)C(C)C1=S. The molecule has 0 radical (unpaired) electrons. The average molecular weight is 339 g/mol. The smallest absolute Gasteiger partial charge is 0.253 e. The lowest BCUT2D eigenvalue weighted by Gasteiger charge is -2.21. The lowest BCUT2D eigenvalue weighted by atomic mass is 9.93. The number of halogens is 3. The molecule has 1 aliphatic rings. The zero-order chi connectivity index (χ0) is 14.4. The Morgan fingerprint density at radius 1 is 1.37 bits per heavy atom. The molecular formula is C11H10Cl3N3OS. The van der Waals surface area contributed by atoms with Gasteiger partial charge in [0.25, 0.3) is 3.92 Å². The topological polar surface area (TPSA) is 39.8 Å². The van der Waals surface area contributed by atoms with Gasteiger partial charge in [0.05, 0.1) is 0 Å². The van der Waals surface area contributed by atoms with Crippen LogP contribution >= 0.6 is 47.0 Å². The zero-order valence-corrected chi connectivity index (χ0v) is 13.2. The molecule has 2 rings (SSSR count). The van der Waals surface area contributed by atoms with Gasteiger partial charge in [-0.3, -0.25) is 4.57 Å². The third kappa shape index (κ3) is 2.65. The highest BCUT2D eigenvalue weighted by molar-refractivity contribution is 7.81.